The summed E-state index contributed by atoms with van der Waals surface area (Å²) in [7, 11) is 0. The third-order valence-electron chi connectivity index (χ3n) is 4.67. The maximum Gasteiger partial charge on any atom is 0.220 e. The largest absolute Gasteiger partial charge is 0.356 e. The molecule has 1 aliphatic heterocycles. The van der Waals surface area contributed by atoms with Crippen LogP contribution in [0, 0.1) is 5.92 Å². The number of carbonyl (C=O) groups excluding carboxylic acids is 1. The van der Waals surface area contributed by atoms with E-state index in [1.54, 1.807) is 0 Å². The Morgan fingerprint density at radius 1 is 1.27 bits per heavy atom. The van der Waals surface area contributed by atoms with E-state index in [0.29, 0.717) is 18.2 Å². The van der Waals surface area contributed by atoms with E-state index in [0.717, 1.165) is 56.3 Å². The van der Waals surface area contributed by atoms with Gasteiger partial charge in [-0.1, -0.05) is 30.3 Å². The third-order valence-corrected chi connectivity index (χ3v) is 5.75. The number of hydrogen-bond donors (Lipinski definition) is 1. The van der Waals surface area contributed by atoms with Gasteiger partial charge < -0.3 is 10.2 Å². The highest BCUT2D eigenvalue weighted by molar-refractivity contribution is 7.09. The first kappa shape index (κ1) is 19.1. The zero-order valence-electron chi connectivity index (χ0n) is 14.9. The van der Waals surface area contributed by atoms with Gasteiger partial charge in [-0.3, -0.25) is 4.79 Å². The summed E-state index contributed by atoms with van der Waals surface area (Å²) in [5.74, 6) is 2.09. The summed E-state index contributed by atoms with van der Waals surface area (Å²) >= 11 is 7.11. The number of alkyl halides is 1. The number of halogens is 1. The second-order valence-corrected chi connectivity index (χ2v) is 7.79. The molecule has 0 atom stereocenters. The fraction of sp³-hybridized carbons (Fsp3) is 0.526. The topological polar surface area (TPSA) is 58.1 Å². The Labute approximate surface area is 163 Å². The van der Waals surface area contributed by atoms with Crippen LogP contribution >= 0.6 is 23.1 Å². The second-order valence-electron chi connectivity index (χ2n) is 6.68. The number of rotatable bonds is 8. The molecule has 1 aromatic carbocycles. The summed E-state index contributed by atoms with van der Waals surface area (Å²) in [4.78, 5) is 18.7. The van der Waals surface area contributed by atoms with Crippen LogP contribution in [0.2, 0.25) is 0 Å². The first-order chi connectivity index (χ1) is 12.7. The quantitative estimate of drug-likeness (QED) is 0.699. The molecule has 1 amide bonds. The molecule has 0 bridgehead atoms. The average molecular weight is 393 g/mol. The molecule has 1 fully saturated rings. The Morgan fingerprint density at radius 3 is 2.77 bits per heavy atom. The van der Waals surface area contributed by atoms with Crippen molar-refractivity contribution >= 4 is 34.2 Å². The lowest BCUT2D eigenvalue weighted by atomic mass is 9.97. The summed E-state index contributed by atoms with van der Waals surface area (Å²) in [5, 5.41) is 4.05. The molecule has 2 aromatic rings. The predicted molar refractivity (Wildman–Crippen MR) is 107 cm³/mol. The highest BCUT2D eigenvalue weighted by Gasteiger charge is 2.22. The fourth-order valence-corrected chi connectivity index (χ4v) is 4.00. The van der Waals surface area contributed by atoms with Crippen LogP contribution in [0.4, 0.5) is 5.13 Å². The van der Waals surface area contributed by atoms with Crippen LogP contribution in [-0.2, 0) is 11.2 Å². The molecule has 1 N–H and O–H groups in total. The molecule has 26 heavy (non-hydrogen) atoms. The van der Waals surface area contributed by atoms with Crippen molar-refractivity contribution in [1.29, 1.82) is 0 Å². The monoisotopic (exact) mass is 392 g/mol. The van der Waals surface area contributed by atoms with Gasteiger partial charge in [0.1, 0.15) is 5.82 Å². The minimum atomic E-state index is 0.114. The van der Waals surface area contributed by atoms with Crippen molar-refractivity contribution in [3.63, 3.8) is 0 Å². The Bertz CT molecular complexity index is 686. The van der Waals surface area contributed by atoms with Crippen LogP contribution < -0.4 is 10.2 Å². The van der Waals surface area contributed by atoms with Gasteiger partial charge in [0.25, 0.3) is 0 Å². The molecular weight excluding hydrogens is 368 g/mol. The van der Waals surface area contributed by atoms with Gasteiger partial charge in [-0.2, -0.15) is 4.37 Å². The van der Waals surface area contributed by atoms with Gasteiger partial charge in [-0.25, -0.2) is 4.98 Å². The molecule has 0 unspecified atom stereocenters. The number of anilines is 1. The Balaban J connectivity index is 1.43. The number of carbonyl (C=O) groups is 1. The van der Waals surface area contributed by atoms with Crippen molar-refractivity contribution in [2.45, 2.75) is 32.1 Å². The Morgan fingerprint density at radius 2 is 2.04 bits per heavy atom. The van der Waals surface area contributed by atoms with Crippen molar-refractivity contribution < 1.29 is 4.79 Å². The lowest BCUT2D eigenvalue weighted by Crippen LogP contribution is -2.38. The normalized spacial score (nSPS) is 15.2. The number of aromatic nitrogens is 2. The van der Waals surface area contributed by atoms with Gasteiger partial charge in [0.15, 0.2) is 0 Å². The van der Waals surface area contributed by atoms with Crippen molar-refractivity contribution in [2.24, 2.45) is 5.92 Å². The zero-order chi connectivity index (χ0) is 18.2. The Hall–Kier alpha value is -1.66. The van der Waals surface area contributed by atoms with E-state index in [1.807, 2.05) is 18.2 Å². The lowest BCUT2D eigenvalue weighted by Gasteiger charge is -2.31. The number of benzene rings is 1. The van der Waals surface area contributed by atoms with Gasteiger partial charge in [-0.15, -0.1) is 11.6 Å². The van der Waals surface area contributed by atoms with E-state index in [2.05, 4.69) is 26.7 Å². The summed E-state index contributed by atoms with van der Waals surface area (Å²) in [6.45, 7) is 2.72. The summed E-state index contributed by atoms with van der Waals surface area (Å²) in [6.07, 6.45) is 4.19. The first-order valence-electron chi connectivity index (χ1n) is 9.18. The molecule has 1 aromatic heterocycles. The number of amides is 1. The van der Waals surface area contributed by atoms with E-state index in [1.165, 1.54) is 17.1 Å². The predicted octanol–water partition coefficient (Wildman–Crippen LogP) is 3.48. The molecular formula is C19H25ClN4OS. The molecule has 3 rings (SSSR count). The van der Waals surface area contributed by atoms with Crippen molar-refractivity contribution in [2.75, 3.05) is 30.4 Å². The van der Waals surface area contributed by atoms with Gasteiger partial charge >= 0.3 is 0 Å². The summed E-state index contributed by atoms with van der Waals surface area (Å²) < 4.78 is 4.51. The molecule has 1 aliphatic rings. The SMILES string of the molecule is O=C(CCCCl)NCC1CCN(c2nc(Cc3ccccc3)ns2)CC1. The van der Waals surface area contributed by atoms with E-state index < -0.39 is 0 Å². The van der Waals surface area contributed by atoms with Crippen LogP contribution in [0.3, 0.4) is 0 Å². The first-order valence-corrected chi connectivity index (χ1v) is 10.5. The number of nitrogens with one attached hydrogen (secondary N) is 1. The minimum absolute atomic E-state index is 0.114. The van der Waals surface area contributed by atoms with E-state index in [9.17, 15) is 4.79 Å². The molecule has 1 saturated heterocycles. The smallest absolute Gasteiger partial charge is 0.220 e. The third kappa shape index (κ3) is 5.68. The maximum atomic E-state index is 11.7. The van der Waals surface area contributed by atoms with Crippen LogP contribution in [0.1, 0.15) is 37.1 Å². The van der Waals surface area contributed by atoms with Crippen molar-refractivity contribution in [1.82, 2.24) is 14.7 Å². The van der Waals surface area contributed by atoms with Gasteiger partial charge in [-0.05, 0) is 30.7 Å². The fourth-order valence-electron chi connectivity index (χ4n) is 3.13. The van der Waals surface area contributed by atoms with Crippen molar-refractivity contribution in [3.05, 3.63) is 41.7 Å². The molecule has 0 aliphatic carbocycles. The number of hydrogen-bond acceptors (Lipinski definition) is 5. The lowest BCUT2D eigenvalue weighted by molar-refractivity contribution is -0.121. The molecule has 2 heterocycles. The number of piperidine rings is 1. The molecule has 5 nitrogen and oxygen atoms in total. The molecule has 140 valence electrons. The molecule has 0 radical (unpaired) electrons. The average Bonchev–Trinajstić information content (AvgIpc) is 3.14. The van der Waals surface area contributed by atoms with Gasteiger partial charge in [0.2, 0.25) is 11.0 Å². The van der Waals surface area contributed by atoms with Crippen LogP contribution in [0.5, 0.6) is 0 Å². The van der Waals surface area contributed by atoms with Crippen molar-refractivity contribution in [3.8, 4) is 0 Å². The second kappa shape index (κ2) is 9.88. The van der Waals surface area contributed by atoms with Crippen LogP contribution in [-0.4, -0.2) is 40.8 Å². The number of nitrogens with zero attached hydrogens (tertiary/aromatic N) is 3. The van der Waals surface area contributed by atoms with Crippen LogP contribution in [0.15, 0.2) is 30.3 Å². The highest BCUT2D eigenvalue weighted by Crippen LogP contribution is 2.25. The van der Waals surface area contributed by atoms with E-state index in [-0.39, 0.29) is 5.91 Å². The summed E-state index contributed by atoms with van der Waals surface area (Å²) in [6, 6.07) is 10.3. The molecule has 0 spiro atoms. The standard InChI is InChI=1S/C19H25ClN4OS/c20-10-4-7-18(25)21-14-16-8-11-24(12-9-16)19-22-17(23-26-19)13-15-5-2-1-3-6-15/h1-3,5-6,16H,4,7-14H2,(H,21,25). The molecule has 7 heteroatoms. The van der Waals surface area contributed by atoms with E-state index in [4.69, 9.17) is 16.6 Å². The molecule has 0 saturated carbocycles. The minimum Gasteiger partial charge on any atom is -0.356 e. The maximum absolute atomic E-state index is 11.7. The Kier molecular flexibility index (Phi) is 7.26. The highest BCUT2D eigenvalue weighted by atomic mass is 35.5. The van der Waals surface area contributed by atoms with E-state index >= 15 is 0 Å². The van der Waals surface area contributed by atoms with Gasteiger partial charge in [0, 0.05) is 49.9 Å². The zero-order valence-corrected chi connectivity index (χ0v) is 16.4. The summed E-state index contributed by atoms with van der Waals surface area (Å²) in [5.41, 5.74) is 1.24. The van der Waals surface area contributed by atoms with Gasteiger partial charge in [0.05, 0.1) is 0 Å². The van der Waals surface area contributed by atoms with Crippen LogP contribution in [0.25, 0.3) is 0 Å².